The number of hydrogen-bond acceptors (Lipinski definition) is 2. The van der Waals surface area contributed by atoms with E-state index in [1.807, 2.05) is 0 Å². The van der Waals surface area contributed by atoms with Crippen LogP contribution in [0.2, 0.25) is 5.02 Å². The van der Waals surface area contributed by atoms with E-state index in [1.54, 1.807) is 0 Å². The highest BCUT2D eigenvalue weighted by molar-refractivity contribution is 6.32. The summed E-state index contributed by atoms with van der Waals surface area (Å²) in [6.45, 7) is 0. The van der Waals surface area contributed by atoms with Gasteiger partial charge in [-0.15, -0.1) is 13.2 Å². The Bertz CT molecular complexity index is 377. The van der Waals surface area contributed by atoms with Crippen molar-refractivity contribution in [1.29, 1.82) is 0 Å². The Morgan fingerprint density at radius 3 is 2.62 bits per heavy atom. The zero-order chi connectivity index (χ0) is 12.2. The first kappa shape index (κ1) is 12.8. The Morgan fingerprint density at radius 2 is 2.06 bits per heavy atom. The van der Waals surface area contributed by atoms with Gasteiger partial charge >= 0.3 is 6.36 Å². The number of ether oxygens (including phenoxy) is 1. The minimum atomic E-state index is -4.79. The minimum Gasteiger partial charge on any atom is -0.404 e. The van der Waals surface area contributed by atoms with E-state index in [0.29, 0.717) is 6.29 Å². The lowest BCUT2D eigenvalue weighted by atomic mass is 10.1. The van der Waals surface area contributed by atoms with Crippen molar-refractivity contribution in [3.63, 3.8) is 0 Å². The molecule has 0 N–H and O–H groups in total. The van der Waals surface area contributed by atoms with E-state index in [2.05, 4.69) is 4.74 Å². The third-order valence-corrected chi connectivity index (χ3v) is 2.10. The zero-order valence-electron chi connectivity index (χ0n) is 8.05. The summed E-state index contributed by atoms with van der Waals surface area (Å²) >= 11 is 5.60. The Hall–Kier alpha value is -1.23. The van der Waals surface area contributed by atoms with Crippen molar-refractivity contribution in [2.75, 3.05) is 0 Å². The summed E-state index contributed by atoms with van der Waals surface area (Å²) in [6.07, 6.45) is -3.89. The fraction of sp³-hybridized carbons (Fsp3) is 0.300. The molecule has 0 amide bonds. The predicted molar refractivity (Wildman–Crippen MR) is 52.5 cm³/mol. The van der Waals surface area contributed by atoms with Crippen LogP contribution in [-0.4, -0.2) is 12.6 Å². The third kappa shape index (κ3) is 3.73. The summed E-state index contributed by atoms with van der Waals surface area (Å²) in [4.78, 5) is 10.2. The summed E-state index contributed by atoms with van der Waals surface area (Å²) in [6, 6.07) is 4.25. The largest absolute Gasteiger partial charge is 0.573 e. The number of halogens is 4. The van der Waals surface area contributed by atoms with Crippen molar-refractivity contribution in [1.82, 2.24) is 0 Å². The topological polar surface area (TPSA) is 26.3 Å². The maximum Gasteiger partial charge on any atom is 0.573 e. The van der Waals surface area contributed by atoms with Crippen LogP contribution in [0.4, 0.5) is 13.2 Å². The quantitative estimate of drug-likeness (QED) is 0.768. The molecule has 0 fully saturated rings. The van der Waals surface area contributed by atoms with E-state index in [-0.39, 0.29) is 23.4 Å². The van der Waals surface area contributed by atoms with Gasteiger partial charge in [-0.2, -0.15) is 0 Å². The Kier molecular flexibility index (Phi) is 4.18. The molecule has 0 aliphatic heterocycles. The average molecular weight is 253 g/mol. The molecule has 0 saturated heterocycles. The molecule has 1 aromatic carbocycles. The molecule has 0 bridgehead atoms. The predicted octanol–water partition coefficient (Wildman–Crippen LogP) is 3.37. The van der Waals surface area contributed by atoms with Crippen molar-refractivity contribution in [3.05, 3.63) is 28.8 Å². The Labute approximate surface area is 95.0 Å². The number of alkyl halides is 3. The molecule has 6 heteroatoms. The van der Waals surface area contributed by atoms with Crippen molar-refractivity contribution in [2.24, 2.45) is 0 Å². The zero-order valence-corrected chi connectivity index (χ0v) is 8.81. The lowest BCUT2D eigenvalue weighted by molar-refractivity contribution is -0.274. The molecular weight excluding hydrogens is 245 g/mol. The molecule has 16 heavy (non-hydrogen) atoms. The number of hydrogen-bond donors (Lipinski definition) is 0. The van der Waals surface area contributed by atoms with E-state index in [0.717, 1.165) is 0 Å². The summed E-state index contributed by atoms with van der Waals surface area (Å²) in [5.74, 6) is -0.432. The van der Waals surface area contributed by atoms with Crippen LogP contribution in [-0.2, 0) is 11.2 Å². The van der Waals surface area contributed by atoms with Crippen molar-refractivity contribution in [2.45, 2.75) is 19.2 Å². The molecule has 0 aromatic heterocycles. The first-order valence-electron chi connectivity index (χ1n) is 4.41. The van der Waals surface area contributed by atoms with Gasteiger partial charge in [0.25, 0.3) is 0 Å². The first-order valence-corrected chi connectivity index (χ1v) is 4.78. The SMILES string of the molecule is O=CCCc1cccc(Cl)c1OC(F)(F)F. The number of carbonyl (C=O) groups excluding carboxylic acids is 1. The van der Waals surface area contributed by atoms with Crippen molar-refractivity contribution < 1.29 is 22.7 Å². The Morgan fingerprint density at radius 1 is 1.38 bits per heavy atom. The molecule has 2 nitrogen and oxygen atoms in total. The molecule has 88 valence electrons. The van der Waals surface area contributed by atoms with Crippen LogP contribution in [0.3, 0.4) is 0 Å². The van der Waals surface area contributed by atoms with Gasteiger partial charge in [0.05, 0.1) is 5.02 Å². The molecule has 0 atom stereocenters. The molecule has 0 unspecified atom stereocenters. The Balaban J connectivity index is 2.98. The van der Waals surface area contributed by atoms with E-state index in [4.69, 9.17) is 11.6 Å². The highest BCUT2D eigenvalue weighted by atomic mass is 35.5. The molecule has 0 spiro atoms. The van der Waals surface area contributed by atoms with Gasteiger partial charge < -0.3 is 9.53 Å². The summed E-state index contributed by atoms with van der Waals surface area (Å²) in [7, 11) is 0. The highest BCUT2D eigenvalue weighted by Crippen LogP contribution is 2.33. The smallest absolute Gasteiger partial charge is 0.404 e. The standard InChI is InChI=1S/C10H8ClF3O2/c11-8-5-1-3-7(4-2-6-15)9(8)16-10(12,13)14/h1,3,5-6H,2,4H2. The van der Waals surface area contributed by atoms with Crippen LogP contribution in [0, 0.1) is 0 Å². The van der Waals surface area contributed by atoms with Gasteiger partial charge in [-0.05, 0) is 18.1 Å². The number of rotatable bonds is 4. The molecule has 1 rings (SSSR count). The van der Waals surface area contributed by atoms with Crippen LogP contribution < -0.4 is 4.74 Å². The van der Waals surface area contributed by atoms with Gasteiger partial charge in [0.15, 0.2) is 5.75 Å². The fourth-order valence-corrected chi connectivity index (χ4v) is 1.43. The lowest BCUT2D eigenvalue weighted by Crippen LogP contribution is -2.18. The van der Waals surface area contributed by atoms with E-state index >= 15 is 0 Å². The second kappa shape index (κ2) is 5.21. The molecule has 0 heterocycles. The minimum absolute atomic E-state index is 0.120. The van der Waals surface area contributed by atoms with Gasteiger partial charge in [-0.1, -0.05) is 23.7 Å². The second-order valence-electron chi connectivity index (χ2n) is 2.98. The van der Waals surface area contributed by atoms with Gasteiger partial charge in [-0.25, -0.2) is 0 Å². The monoisotopic (exact) mass is 252 g/mol. The summed E-state index contributed by atoms with van der Waals surface area (Å²) < 4.78 is 40.0. The van der Waals surface area contributed by atoms with E-state index in [1.165, 1.54) is 18.2 Å². The van der Waals surface area contributed by atoms with Gasteiger partial charge in [-0.3, -0.25) is 0 Å². The van der Waals surface area contributed by atoms with Crippen molar-refractivity contribution in [3.8, 4) is 5.75 Å². The van der Waals surface area contributed by atoms with Crippen LogP contribution in [0.1, 0.15) is 12.0 Å². The number of carbonyl (C=O) groups is 1. The van der Waals surface area contributed by atoms with Gasteiger partial charge in [0.2, 0.25) is 0 Å². The van der Waals surface area contributed by atoms with Crippen LogP contribution in [0.25, 0.3) is 0 Å². The molecule has 0 radical (unpaired) electrons. The van der Waals surface area contributed by atoms with Crippen LogP contribution in [0.15, 0.2) is 18.2 Å². The molecular formula is C10H8ClF3O2. The molecule has 0 aliphatic carbocycles. The third-order valence-electron chi connectivity index (χ3n) is 1.80. The van der Waals surface area contributed by atoms with Gasteiger partial charge in [0, 0.05) is 6.42 Å². The normalized spacial score (nSPS) is 11.2. The number of benzene rings is 1. The van der Waals surface area contributed by atoms with Crippen LogP contribution in [0.5, 0.6) is 5.75 Å². The van der Waals surface area contributed by atoms with Gasteiger partial charge in [0.1, 0.15) is 6.29 Å². The van der Waals surface area contributed by atoms with E-state index in [9.17, 15) is 18.0 Å². The summed E-state index contributed by atoms with van der Waals surface area (Å²) in [5.41, 5.74) is 0.261. The highest BCUT2D eigenvalue weighted by Gasteiger charge is 2.33. The maximum atomic E-state index is 12.1. The summed E-state index contributed by atoms with van der Waals surface area (Å²) in [5, 5.41) is -0.124. The van der Waals surface area contributed by atoms with Crippen molar-refractivity contribution >= 4 is 17.9 Å². The number of aldehydes is 1. The number of para-hydroxylation sites is 1. The molecule has 0 saturated carbocycles. The number of aryl methyl sites for hydroxylation is 1. The lowest BCUT2D eigenvalue weighted by Gasteiger charge is -2.13. The second-order valence-corrected chi connectivity index (χ2v) is 3.39. The van der Waals surface area contributed by atoms with E-state index < -0.39 is 12.1 Å². The average Bonchev–Trinajstić information content (AvgIpc) is 2.17. The molecule has 1 aromatic rings. The fourth-order valence-electron chi connectivity index (χ4n) is 1.19. The molecule has 0 aliphatic rings. The first-order chi connectivity index (χ1) is 7.44. The van der Waals surface area contributed by atoms with Crippen LogP contribution >= 0.6 is 11.6 Å². The maximum absolute atomic E-state index is 12.1.